The van der Waals surface area contributed by atoms with Crippen LogP contribution in [0.1, 0.15) is 34.3 Å². The molecule has 1 amide bonds. The van der Waals surface area contributed by atoms with Crippen LogP contribution < -0.4 is 4.74 Å². The van der Waals surface area contributed by atoms with E-state index in [0.717, 1.165) is 55.9 Å². The maximum atomic E-state index is 12.4. The molecule has 0 saturated carbocycles. The Kier molecular flexibility index (Phi) is 6.29. The van der Waals surface area contributed by atoms with Crippen molar-refractivity contribution in [3.8, 4) is 5.75 Å². The molecular formula is C22H28N2O2. The van der Waals surface area contributed by atoms with E-state index < -0.39 is 0 Å². The zero-order valence-electron chi connectivity index (χ0n) is 15.8. The van der Waals surface area contributed by atoms with Gasteiger partial charge in [0.1, 0.15) is 12.4 Å². The molecule has 0 N–H and O–H groups in total. The van der Waals surface area contributed by atoms with Crippen molar-refractivity contribution in [2.45, 2.75) is 26.3 Å². The normalized spacial score (nSPS) is 14.0. The summed E-state index contributed by atoms with van der Waals surface area (Å²) in [7, 11) is 2.09. The fourth-order valence-corrected chi connectivity index (χ4v) is 3.28. The van der Waals surface area contributed by atoms with Gasteiger partial charge in [-0.05, 0) is 56.1 Å². The van der Waals surface area contributed by atoms with Crippen molar-refractivity contribution >= 4 is 5.91 Å². The lowest BCUT2D eigenvalue weighted by molar-refractivity contribution is 0.0793. The molecule has 138 valence electrons. The van der Waals surface area contributed by atoms with Gasteiger partial charge in [-0.3, -0.25) is 9.69 Å². The summed E-state index contributed by atoms with van der Waals surface area (Å²) in [5, 5.41) is 0. The summed E-state index contributed by atoms with van der Waals surface area (Å²) in [5.41, 5.74) is 3.16. The van der Waals surface area contributed by atoms with Gasteiger partial charge in [-0.25, -0.2) is 0 Å². The highest BCUT2D eigenvalue weighted by Crippen LogP contribution is 2.16. The van der Waals surface area contributed by atoms with Crippen molar-refractivity contribution in [1.82, 2.24) is 9.80 Å². The van der Waals surface area contributed by atoms with E-state index in [1.807, 2.05) is 35.2 Å². The minimum Gasteiger partial charge on any atom is -0.492 e. The number of likely N-dealkylation sites (N-methyl/N-ethyl adjacent to an activating group) is 1. The molecule has 0 unspecified atom stereocenters. The van der Waals surface area contributed by atoms with Crippen LogP contribution in [0.15, 0.2) is 48.5 Å². The zero-order chi connectivity index (χ0) is 18.4. The summed E-state index contributed by atoms with van der Waals surface area (Å²) in [6.45, 7) is 6.20. The number of carbonyl (C=O) groups excluding carboxylic acids is 1. The minimum absolute atomic E-state index is 0.161. The first-order chi connectivity index (χ1) is 12.6. The first-order valence-corrected chi connectivity index (χ1v) is 9.38. The van der Waals surface area contributed by atoms with Gasteiger partial charge in [0, 0.05) is 31.7 Å². The van der Waals surface area contributed by atoms with Crippen LogP contribution in [0, 0.1) is 6.92 Å². The Balaban J connectivity index is 1.46. The largest absolute Gasteiger partial charge is 0.492 e. The summed E-state index contributed by atoms with van der Waals surface area (Å²) in [6.07, 6.45) is 2.25. The number of aryl methyl sites for hydroxylation is 1. The van der Waals surface area contributed by atoms with Crippen molar-refractivity contribution in [2.75, 3.05) is 33.3 Å². The Morgan fingerprint density at radius 3 is 2.46 bits per heavy atom. The molecule has 0 aromatic heterocycles. The summed E-state index contributed by atoms with van der Waals surface area (Å²) < 4.78 is 5.86. The molecule has 1 aliphatic heterocycles. The van der Waals surface area contributed by atoms with Crippen LogP contribution in [0.25, 0.3) is 0 Å². The predicted octanol–water partition coefficient (Wildman–Crippen LogP) is 3.74. The zero-order valence-corrected chi connectivity index (χ0v) is 15.8. The highest BCUT2D eigenvalue weighted by atomic mass is 16.5. The first kappa shape index (κ1) is 18.5. The number of para-hydroxylation sites is 1. The second-order valence-electron chi connectivity index (χ2n) is 7.05. The quantitative estimate of drug-likeness (QED) is 0.761. The van der Waals surface area contributed by atoms with E-state index in [0.29, 0.717) is 6.61 Å². The van der Waals surface area contributed by atoms with Gasteiger partial charge in [0.2, 0.25) is 0 Å². The van der Waals surface area contributed by atoms with Crippen molar-refractivity contribution in [3.05, 3.63) is 65.2 Å². The molecule has 4 nitrogen and oxygen atoms in total. The lowest BCUT2D eigenvalue weighted by atomic mass is 10.1. The molecule has 2 aromatic rings. The van der Waals surface area contributed by atoms with Crippen LogP contribution in [-0.4, -0.2) is 49.0 Å². The molecule has 2 aromatic carbocycles. The maximum Gasteiger partial charge on any atom is 0.253 e. The third-order valence-electron chi connectivity index (χ3n) is 4.87. The molecule has 1 saturated heterocycles. The summed E-state index contributed by atoms with van der Waals surface area (Å²) in [5.74, 6) is 1.11. The third-order valence-corrected chi connectivity index (χ3v) is 4.87. The van der Waals surface area contributed by atoms with Crippen molar-refractivity contribution < 1.29 is 9.53 Å². The number of hydrogen-bond acceptors (Lipinski definition) is 3. The van der Waals surface area contributed by atoms with Crippen molar-refractivity contribution in [1.29, 1.82) is 0 Å². The van der Waals surface area contributed by atoms with E-state index in [-0.39, 0.29) is 5.91 Å². The second kappa shape index (κ2) is 8.86. The summed E-state index contributed by atoms with van der Waals surface area (Å²) in [6, 6.07) is 16.1. The monoisotopic (exact) mass is 352 g/mol. The molecule has 4 heteroatoms. The number of carbonyl (C=O) groups is 1. The topological polar surface area (TPSA) is 32.8 Å². The predicted molar refractivity (Wildman–Crippen MR) is 105 cm³/mol. The van der Waals surface area contributed by atoms with Gasteiger partial charge in [0.25, 0.3) is 5.91 Å². The minimum atomic E-state index is 0.161. The second-order valence-corrected chi connectivity index (χ2v) is 7.05. The van der Waals surface area contributed by atoms with Crippen LogP contribution in [-0.2, 0) is 6.54 Å². The summed E-state index contributed by atoms with van der Waals surface area (Å²) >= 11 is 0. The van der Waals surface area contributed by atoms with Crippen molar-refractivity contribution in [2.24, 2.45) is 0 Å². The van der Waals surface area contributed by atoms with Crippen molar-refractivity contribution in [3.63, 3.8) is 0 Å². The van der Waals surface area contributed by atoms with Gasteiger partial charge in [-0.1, -0.05) is 30.3 Å². The Morgan fingerprint density at radius 2 is 1.77 bits per heavy atom. The molecule has 0 spiro atoms. The van der Waals surface area contributed by atoms with Crippen LogP contribution >= 0.6 is 0 Å². The van der Waals surface area contributed by atoms with Gasteiger partial charge in [0.15, 0.2) is 0 Å². The van der Waals surface area contributed by atoms with Crippen LogP contribution in [0.3, 0.4) is 0 Å². The lowest BCUT2D eigenvalue weighted by Gasteiger charge is -2.18. The Bertz CT molecular complexity index is 721. The Morgan fingerprint density at radius 1 is 1.08 bits per heavy atom. The molecule has 0 aliphatic carbocycles. The summed E-state index contributed by atoms with van der Waals surface area (Å²) in [4.78, 5) is 16.6. The van der Waals surface area contributed by atoms with Gasteiger partial charge in [-0.2, -0.15) is 0 Å². The lowest BCUT2D eigenvalue weighted by Crippen LogP contribution is -2.27. The van der Waals surface area contributed by atoms with E-state index >= 15 is 0 Å². The van der Waals surface area contributed by atoms with E-state index in [2.05, 4.69) is 37.1 Å². The number of nitrogens with zero attached hydrogens (tertiary/aromatic N) is 2. The number of ether oxygens (including phenoxy) is 1. The van der Waals surface area contributed by atoms with E-state index in [1.165, 1.54) is 5.56 Å². The van der Waals surface area contributed by atoms with E-state index in [1.54, 1.807) is 0 Å². The molecule has 1 heterocycles. The number of benzene rings is 2. The Hall–Kier alpha value is -2.33. The molecule has 0 bridgehead atoms. The fraction of sp³-hybridized carbons (Fsp3) is 0.409. The molecule has 3 rings (SSSR count). The van der Waals surface area contributed by atoms with Crippen LogP contribution in [0.2, 0.25) is 0 Å². The van der Waals surface area contributed by atoms with Gasteiger partial charge < -0.3 is 9.64 Å². The number of hydrogen-bond donors (Lipinski definition) is 0. The smallest absolute Gasteiger partial charge is 0.253 e. The number of amides is 1. The maximum absolute atomic E-state index is 12.4. The van der Waals surface area contributed by atoms with E-state index in [4.69, 9.17) is 4.74 Å². The third kappa shape index (κ3) is 4.85. The SMILES string of the molecule is Cc1ccccc1OCCN(C)Cc1ccc(C(=O)N2CCCC2)cc1. The highest BCUT2D eigenvalue weighted by Gasteiger charge is 2.19. The molecule has 26 heavy (non-hydrogen) atoms. The molecular weight excluding hydrogens is 324 g/mol. The number of rotatable bonds is 7. The molecule has 1 aliphatic rings. The molecule has 1 fully saturated rings. The standard InChI is InChI=1S/C22H28N2O2/c1-18-7-3-4-8-21(18)26-16-15-23(2)17-19-9-11-20(12-10-19)22(25)24-13-5-6-14-24/h3-4,7-12H,5-6,13-17H2,1-2H3. The van der Waals surface area contributed by atoms with E-state index in [9.17, 15) is 4.79 Å². The fourth-order valence-electron chi connectivity index (χ4n) is 3.28. The van der Waals surface area contributed by atoms with Gasteiger partial charge in [0.05, 0.1) is 0 Å². The average Bonchev–Trinajstić information content (AvgIpc) is 3.18. The van der Waals surface area contributed by atoms with Crippen LogP contribution in [0.5, 0.6) is 5.75 Å². The highest BCUT2D eigenvalue weighted by molar-refractivity contribution is 5.94. The van der Waals surface area contributed by atoms with Gasteiger partial charge in [-0.15, -0.1) is 0 Å². The average molecular weight is 352 g/mol. The number of likely N-dealkylation sites (tertiary alicyclic amines) is 1. The van der Waals surface area contributed by atoms with Crippen LogP contribution in [0.4, 0.5) is 0 Å². The molecule has 0 atom stereocenters. The Labute approximate surface area is 156 Å². The molecule has 0 radical (unpaired) electrons. The first-order valence-electron chi connectivity index (χ1n) is 9.38. The van der Waals surface area contributed by atoms with Gasteiger partial charge >= 0.3 is 0 Å².